The fourth-order valence-corrected chi connectivity index (χ4v) is 7.00. The third kappa shape index (κ3) is 9.32. The Bertz CT molecular complexity index is 1040. The summed E-state index contributed by atoms with van der Waals surface area (Å²) in [5, 5.41) is 2.10. The fraction of sp³-hybridized carbons (Fsp3) is 0.567. The van der Waals surface area contributed by atoms with Crippen LogP contribution in [0.15, 0.2) is 35.7 Å². The SMILES string of the molecule is CCC(=CC=O)c1csc(COc2ccc(C(O[Si](C)C)C(C)(C)C)c(C(O[Si](C)C)C(C)(C)C)c2)c1. The van der Waals surface area contributed by atoms with E-state index in [0.29, 0.717) is 6.61 Å². The van der Waals surface area contributed by atoms with Gasteiger partial charge in [-0.15, -0.1) is 11.3 Å². The number of benzene rings is 1. The van der Waals surface area contributed by atoms with Gasteiger partial charge in [0.05, 0.1) is 12.2 Å². The van der Waals surface area contributed by atoms with Crippen molar-refractivity contribution >= 4 is 41.3 Å². The molecule has 0 N–H and O–H groups in total. The van der Waals surface area contributed by atoms with E-state index in [1.165, 1.54) is 5.56 Å². The van der Waals surface area contributed by atoms with E-state index in [2.05, 4.69) is 104 Å². The minimum Gasteiger partial charge on any atom is -0.488 e. The number of allylic oxidation sites excluding steroid dienone is 2. The van der Waals surface area contributed by atoms with Gasteiger partial charge in [-0.1, -0.05) is 54.5 Å². The van der Waals surface area contributed by atoms with Crippen molar-refractivity contribution in [3.8, 4) is 5.75 Å². The Balaban J connectivity index is 2.50. The molecule has 0 fully saturated rings. The van der Waals surface area contributed by atoms with Crippen molar-refractivity contribution in [3.63, 3.8) is 0 Å². The Kier molecular flexibility index (Phi) is 11.6. The lowest BCUT2D eigenvalue weighted by Gasteiger charge is -2.39. The summed E-state index contributed by atoms with van der Waals surface area (Å²) in [4.78, 5) is 12.1. The Morgan fingerprint density at radius 1 is 0.919 bits per heavy atom. The van der Waals surface area contributed by atoms with Crippen LogP contribution < -0.4 is 4.74 Å². The number of carbonyl (C=O) groups is 1. The molecule has 0 aliphatic rings. The predicted octanol–water partition coefficient (Wildman–Crippen LogP) is 9.03. The summed E-state index contributed by atoms with van der Waals surface area (Å²) in [6, 6.07) is 8.56. The van der Waals surface area contributed by atoms with Crippen LogP contribution >= 0.6 is 11.3 Å². The molecule has 0 amide bonds. The van der Waals surface area contributed by atoms with Crippen LogP contribution in [0.3, 0.4) is 0 Å². The fourth-order valence-electron chi connectivity index (χ4n) is 4.27. The van der Waals surface area contributed by atoms with Crippen LogP contribution in [0, 0.1) is 10.8 Å². The van der Waals surface area contributed by atoms with Crippen molar-refractivity contribution in [1.29, 1.82) is 0 Å². The maximum atomic E-state index is 11.0. The summed E-state index contributed by atoms with van der Waals surface area (Å²) in [6.07, 6.45) is 3.23. The Labute approximate surface area is 232 Å². The molecule has 2 unspecified atom stereocenters. The molecule has 2 radical (unpaired) electrons. The number of aldehydes is 1. The molecule has 37 heavy (non-hydrogen) atoms. The number of rotatable bonds is 12. The van der Waals surface area contributed by atoms with Crippen LogP contribution in [0.4, 0.5) is 0 Å². The van der Waals surface area contributed by atoms with Crippen LogP contribution in [0.1, 0.15) is 88.7 Å². The zero-order valence-corrected chi connectivity index (χ0v) is 27.5. The first-order valence-corrected chi connectivity index (χ1v) is 18.8. The second kappa shape index (κ2) is 13.5. The number of hydrogen-bond donors (Lipinski definition) is 0. The van der Waals surface area contributed by atoms with Gasteiger partial charge >= 0.3 is 0 Å². The highest BCUT2D eigenvalue weighted by Crippen LogP contribution is 2.46. The summed E-state index contributed by atoms with van der Waals surface area (Å²) < 4.78 is 19.6. The first-order chi connectivity index (χ1) is 17.2. The highest BCUT2D eigenvalue weighted by atomic mass is 32.1. The van der Waals surface area contributed by atoms with Gasteiger partial charge in [-0.05, 0) is 95.4 Å². The molecule has 2 atom stereocenters. The van der Waals surface area contributed by atoms with Crippen LogP contribution in [0.25, 0.3) is 5.57 Å². The lowest BCUT2D eigenvalue weighted by atomic mass is 9.77. The van der Waals surface area contributed by atoms with E-state index in [0.717, 1.165) is 40.0 Å². The molecular weight excluding hydrogens is 513 g/mol. The Morgan fingerprint density at radius 3 is 1.97 bits per heavy atom. The largest absolute Gasteiger partial charge is 0.488 e. The lowest BCUT2D eigenvalue weighted by Crippen LogP contribution is -2.31. The van der Waals surface area contributed by atoms with Crippen molar-refractivity contribution in [1.82, 2.24) is 0 Å². The topological polar surface area (TPSA) is 44.8 Å². The number of hydrogen-bond acceptors (Lipinski definition) is 5. The summed E-state index contributed by atoms with van der Waals surface area (Å²) >= 11 is 1.66. The van der Waals surface area contributed by atoms with Gasteiger partial charge in [0.1, 0.15) is 18.6 Å². The van der Waals surface area contributed by atoms with E-state index in [-0.39, 0.29) is 23.0 Å². The van der Waals surface area contributed by atoms with Crippen LogP contribution in [-0.4, -0.2) is 24.4 Å². The molecule has 1 aromatic heterocycles. The molecule has 0 aliphatic carbocycles. The first kappa shape index (κ1) is 31.7. The van der Waals surface area contributed by atoms with E-state index >= 15 is 0 Å². The van der Waals surface area contributed by atoms with Gasteiger partial charge in [0, 0.05) is 4.88 Å². The normalized spacial score (nSPS) is 14.8. The van der Waals surface area contributed by atoms with E-state index in [1.807, 2.05) is 0 Å². The molecule has 0 saturated heterocycles. The van der Waals surface area contributed by atoms with E-state index in [9.17, 15) is 4.79 Å². The van der Waals surface area contributed by atoms with Gasteiger partial charge in [0.15, 0.2) is 0 Å². The standard InChI is InChI=1S/C30H46O4SSi2/c1-12-21(15-16-31)22-17-24(35-20-22)19-32-23-13-14-25(27(29(2,3)4)33-36(8)9)26(18-23)28(30(5,6)7)34-37(10)11/h13-18,20,27-28H,12,19H2,1-11H3. The number of ether oxygens (including phenoxy) is 1. The van der Waals surface area contributed by atoms with E-state index in [4.69, 9.17) is 13.6 Å². The average molecular weight is 559 g/mol. The third-order valence-corrected chi connectivity index (χ3v) is 8.28. The minimum absolute atomic E-state index is 0.0322. The zero-order chi connectivity index (χ0) is 28.0. The minimum atomic E-state index is -0.946. The predicted molar refractivity (Wildman–Crippen MR) is 161 cm³/mol. The Hall–Kier alpha value is -1.52. The van der Waals surface area contributed by atoms with Crippen molar-refractivity contribution in [2.45, 2.75) is 99.9 Å². The number of thiophene rings is 1. The second-order valence-electron chi connectivity index (χ2n) is 12.1. The van der Waals surface area contributed by atoms with Crippen molar-refractivity contribution in [2.75, 3.05) is 0 Å². The quantitative estimate of drug-likeness (QED) is 0.148. The summed E-state index contributed by atoms with van der Waals surface area (Å²) in [6.45, 7) is 24.8. The maximum absolute atomic E-state index is 11.0. The zero-order valence-electron chi connectivity index (χ0n) is 24.7. The highest BCUT2D eigenvalue weighted by Gasteiger charge is 2.36. The molecule has 7 heteroatoms. The molecule has 0 bridgehead atoms. The first-order valence-electron chi connectivity index (χ1n) is 13.1. The highest BCUT2D eigenvalue weighted by molar-refractivity contribution is 7.10. The average Bonchev–Trinajstić information content (AvgIpc) is 3.25. The van der Waals surface area contributed by atoms with Crippen LogP contribution in [0.2, 0.25) is 26.2 Å². The molecule has 0 saturated carbocycles. The molecule has 0 spiro atoms. The molecule has 0 aliphatic heterocycles. The summed E-state index contributed by atoms with van der Waals surface area (Å²) in [5.74, 6) is 0.831. The monoisotopic (exact) mass is 558 g/mol. The van der Waals surface area contributed by atoms with E-state index < -0.39 is 18.1 Å². The van der Waals surface area contributed by atoms with Gasteiger partial charge in [-0.25, -0.2) is 0 Å². The van der Waals surface area contributed by atoms with Crippen molar-refractivity contribution < 1.29 is 18.4 Å². The van der Waals surface area contributed by atoms with Gasteiger partial charge in [-0.2, -0.15) is 0 Å². The molecule has 1 heterocycles. The summed E-state index contributed by atoms with van der Waals surface area (Å²) in [5.41, 5.74) is 4.35. The Morgan fingerprint density at radius 2 is 1.49 bits per heavy atom. The van der Waals surface area contributed by atoms with Crippen molar-refractivity contribution in [3.05, 3.63) is 57.3 Å². The molecule has 1 aromatic carbocycles. The third-order valence-electron chi connectivity index (χ3n) is 5.96. The number of carbonyl (C=O) groups excluding carboxylic acids is 1. The maximum Gasteiger partial charge on any atom is 0.205 e. The molecular formula is C30H46O4SSi2. The van der Waals surface area contributed by atoms with Gasteiger partial charge < -0.3 is 13.6 Å². The van der Waals surface area contributed by atoms with Gasteiger partial charge in [0.25, 0.3) is 0 Å². The van der Waals surface area contributed by atoms with Crippen molar-refractivity contribution in [2.24, 2.45) is 10.8 Å². The van der Waals surface area contributed by atoms with E-state index in [1.54, 1.807) is 17.4 Å². The molecule has 4 nitrogen and oxygen atoms in total. The molecule has 2 rings (SSSR count). The molecule has 204 valence electrons. The lowest BCUT2D eigenvalue weighted by molar-refractivity contribution is -0.104. The smallest absolute Gasteiger partial charge is 0.205 e. The molecule has 2 aromatic rings. The van der Waals surface area contributed by atoms with Crippen LogP contribution in [0.5, 0.6) is 5.75 Å². The van der Waals surface area contributed by atoms with Gasteiger partial charge in [-0.3, -0.25) is 4.79 Å². The van der Waals surface area contributed by atoms with Gasteiger partial charge in [0.2, 0.25) is 18.1 Å². The second-order valence-corrected chi connectivity index (χ2v) is 17.2. The summed E-state index contributed by atoms with van der Waals surface area (Å²) in [7, 11) is -1.87. The van der Waals surface area contributed by atoms with Crippen LogP contribution in [-0.2, 0) is 20.3 Å².